The van der Waals surface area contributed by atoms with Gasteiger partial charge < -0.3 is 10.1 Å². The largest absolute Gasteiger partial charge is 0.360 e. The fraction of sp³-hybridized carbons (Fsp3) is 0.273. The number of halogens is 4. The third-order valence-electron chi connectivity index (χ3n) is 5.01. The molecule has 3 aromatic rings. The van der Waals surface area contributed by atoms with Crippen LogP contribution in [-0.2, 0) is 11.5 Å². The van der Waals surface area contributed by atoms with E-state index in [0.717, 1.165) is 16.1 Å². The molecule has 1 N–H and O–H groups in total. The summed E-state index contributed by atoms with van der Waals surface area (Å²) < 4.78 is 37.5. The molecule has 1 aromatic heterocycles. The summed E-state index contributed by atoms with van der Waals surface area (Å²) in [4.78, 5) is 4.51. The number of rotatable bonds is 6. The molecule has 168 valence electrons. The second-order valence-electron chi connectivity index (χ2n) is 8.71. The average molecular weight is 540 g/mol. The van der Waals surface area contributed by atoms with Gasteiger partial charge >= 0.3 is 0 Å². The summed E-state index contributed by atoms with van der Waals surface area (Å²) in [5, 5.41) is 7.60. The number of amidine groups is 1. The predicted octanol–water partition coefficient (Wildman–Crippen LogP) is 7.06. The number of aliphatic imine (C=N–C) groups is 1. The summed E-state index contributed by atoms with van der Waals surface area (Å²) in [5.41, 5.74) is 2.02. The number of hydrogen-bond acceptors (Lipinski definition) is 4. The van der Waals surface area contributed by atoms with Crippen LogP contribution in [0.25, 0.3) is 11.3 Å². The van der Waals surface area contributed by atoms with E-state index in [1.165, 1.54) is 18.2 Å². The molecule has 0 saturated heterocycles. The maximum absolute atomic E-state index is 14.6. The third kappa shape index (κ3) is 4.80. The molecule has 1 aliphatic heterocycles. The summed E-state index contributed by atoms with van der Waals surface area (Å²) in [6.45, 7) is 7.64. The van der Waals surface area contributed by atoms with Crippen molar-refractivity contribution in [2.24, 2.45) is 4.99 Å². The first-order valence-electron chi connectivity index (χ1n) is 10.1. The van der Waals surface area contributed by atoms with Gasteiger partial charge in [-0.1, -0.05) is 53.2 Å². The van der Waals surface area contributed by atoms with E-state index in [4.69, 9.17) is 16.3 Å². The molecule has 0 bridgehead atoms. The summed E-state index contributed by atoms with van der Waals surface area (Å²) in [6.07, 6.45) is 0. The zero-order valence-electron chi connectivity index (χ0n) is 17.8. The summed E-state index contributed by atoms with van der Waals surface area (Å²) in [7, 11) is -1.24. The van der Waals surface area contributed by atoms with Crippen molar-refractivity contribution in [1.82, 2.24) is 9.78 Å². The molecule has 5 nitrogen and oxygen atoms in total. The second-order valence-corrected chi connectivity index (χ2v) is 15.6. The van der Waals surface area contributed by atoms with Crippen LogP contribution in [0.4, 0.5) is 20.2 Å². The van der Waals surface area contributed by atoms with Gasteiger partial charge in [-0.25, -0.2) is 18.5 Å². The molecule has 2 heterocycles. The minimum Gasteiger partial charge on any atom is -0.360 e. The van der Waals surface area contributed by atoms with Crippen LogP contribution in [0, 0.1) is 11.6 Å². The first-order chi connectivity index (χ1) is 15.1. The molecule has 0 aliphatic carbocycles. The lowest BCUT2D eigenvalue weighted by molar-refractivity contribution is 0.0798. The molecule has 0 unspecified atom stereocenters. The Morgan fingerprint density at radius 3 is 2.56 bits per heavy atom. The van der Waals surface area contributed by atoms with Crippen LogP contribution in [0.2, 0.25) is 30.8 Å². The molecular weight excluding hydrogens is 518 g/mol. The Kier molecular flexibility index (Phi) is 6.53. The van der Waals surface area contributed by atoms with E-state index in [0.29, 0.717) is 23.7 Å². The molecule has 2 aromatic carbocycles. The first-order valence-corrected chi connectivity index (χ1v) is 15.0. The number of aromatic nitrogens is 2. The van der Waals surface area contributed by atoms with Crippen LogP contribution >= 0.6 is 27.5 Å². The lowest BCUT2D eigenvalue weighted by Crippen LogP contribution is -2.22. The second kappa shape index (κ2) is 9.05. The molecule has 0 spiro atoms. The normalized spacial score (nSPS) is 13.2. The Bertz CT molecular complexity index is 1190. The Balaban J connectivity index is 1.81. The Morgan fingerprint density at radius 2 is 1.88 bits per heavy atom. The highest BCUT2D eigenvalue weighted by atomic mass is 79.9. The van der Waals surface area contributed by atoms with Gasteiger partial charge in [0, 0.05) is 30.4 Å². The van der Waals surface area contributed by atoms with Crippen LogP contribution in [-0.4, -0.2) is 30.3 Å². The minimum atomic E-state index is -1.24. The van der Waals surface area contributed by atoms with Crippen molar-refractivity contribution in [3.8, 4) is 11.3 Å². The molecule has 0 radical (unpaired) electrons. The molecule has 0 amide bonds. The van der Waals surface area contributed by atoms with E-state index < -0.39 is 19.7 Å². The zero-order chi connectivity index (χ0) is 23.0. The SMILES string of the molecule is C[Si](C)(C)CCOCn1nc(Cl)c2c1-c1cc(Br)ccc1NC(c1c(F)cccc1F)=N2. The topological polar surface area (TPSA) is 51.4 Å². The first kappa shape index (κ1) is 23.1. The van der Waals surface area contributed by atoms with Gasteiger partial charge in [0.1, 0.15) is 35.6 Å². The zero-order valence-corrected chi connectivity index (χ0v) is 21.2. The summed E-state index contributed by atoms with van der Waals surface area (Å²) in [6, 6.07) is 10.2. The number of hydrogen-bond donors (Lipinski definition) is 1. The molecule has 0 fully saturated rings. The molecule has 4 rings (SSSR count). The summed E-state index contributed by atoms with van der Waals surface area (Å²) in [5.74, 6) is -1.43. The molecule has 32 heavy (non-hydrogen) atoms. The van der Waals surface area contributed by atoms with Gasteiger partial charge in [0.05, 0.1) is 5.56 Å². The van der Waals surface area contributed by atoms with Crippen molar-refractivity contribution in [1.29, 1.82) is 0 Å². The summed E-state index contributed by atoms with van der Waals surface area (Å²) >= 11 is 9.94. The van der Waals surface area contributed by atoms with E-state index in [1.54, 1.807) is 10.7 Å². The predicted molar refractivity (Wildman–Crippen MR) is 131 cm³/mol. The lowest BCUT2D eigenvalue weighted by Gasteiger charge is -2.16. The van der Waals surface area contributed by atoms with E-state index in [-0.39, 0.29) is 23.3 Å². The van der Waals surface area contributed by atoms with E-state index in [1.807, 2.05) is 12.1 Å². The van der Waals surface area contributed by atoms with E-state index in [2.05, 4.69) is 51.0 Å². The number of benzene rings is 2. The van der Waals surface area contributed by atoms with Crippen molar-refractivity contribution in [2.75, 3.05) is 11.9 Å². The molecular formula is C22H22BrClF2N4OSi. The van der Waals surface area contributed by atoms with Crippen molar-refractivity contribution < 1.29 is 13.5 Å². The fourth-order valence-corrected chi connectivity index (χ4v) is 4.68. The maximum atomic E-state index is 14.6. The average Bonchev–Trinajstić information content (AvgIpc) is 2.90. The van der Waals surface area contributed by atoms with Crippen molar-refractivity contribution >= 4 is 52.8 Å². The van der Waals surface area contributed by atoms with Crippen molar-refractivity contribution in [2.45, 2.75) is 32.4 Å². The third-order valence-corrected chi connectivity index (χ3v) is 7.46. The highest BCUT2D eigenvalue weighted by Crippen LogP contribution is 2.43. The highest BCUT2D eigenvalue weighted by Gasteiger charge is 2.27. The number of fused-ring (bicyclic) bond motifs is 3. The van der Waals surface area contributed by atoms with Crippen LogP contribution in [0.1, 0.15) is 5.56 Å². The molecule has 0 saturated carbocycles. The van der Waals surface area contributed by atoms with Gasteiger partial charge in [0.15, 0.2) is 5.15 Å². The quantitative estimate of drug-likeness (QED) is 0.269. The van der Waals surface area contributed by atoms with Gasteiger partial charge in [-0.05, 0) is 36.4 Å². The Labute approximate surface area is 199 Å². The van der Waals surface area contributed by atoms with Gasteiger partial charge in [-0.2, -0.15) is 5.10 Å². The van der Waals surface area contributed by atoms with Crippen molar-refractivity contribution in [3.05, 3.63) is 63.2 Å². The maximum Gasteiger partial charge on any atom is 0.177 e. The highest BCUT2D eigenvalue weighted by molar-refractivity contribution is 9.10. The number of nitrogens with zero attached hydrogens (tertiary/aromatic N) is 3. The number of nitrogens with one attached hydrogen (secondary N) is 1. The van der Waals surface area contributed by atoms with E-state index >= 15 is 0 Å². The van der Waals surface area contributed by atoms with Gasteiger partial charge in [-0.15, -0.1) is 0 Å². The molecule has 0 atom stereocenters. The molecule has 1 aliphatic rings. The van der Waals surface area contributed by atoms with Gasteiger partial charge in [-0.3, -0.25) is 0 Å². The lowest BCUT2D eigenvalue weighted by atomic mass is 10.1. The number of ether oxygens (including phenoxy) is 1. The van der Waals surface area contributed by atoms with Crippen LogP contribution < -0.4 is 5.32 Å². The monoisotopic (exact) mass is 538 g/mol. The van der Waals surface area contributed by atoms with Crippen LogP contribution in [0.15, 0.2) is 45.9 Å². The Morgan fingerprint density at radius 1 is 1.16 bits per heavy atom. The standard InChI is InChI=1S/C22H22BrClF2N4OSi/c1-32(2,3)10-9-31-12-30-20-14-11-13(23)7-8-17(14)27-22(28-19(20)21(24)29-30)18-15(25)5-4-6-16(18)26/h4-8,11H,9-10,12H2,1-3H3,(H,27,28). The van der Waals surface area contributed by atoms with Crippen LogP contribution in [0.5, 0.6) is 0 Å². The number of anilines is 1. The van der Waals surface area contributed by atoms with Crippen LogP contribution in [0.3, 0.4) is 0 Å². The Hall–Kier alpha value is -2.07. The van der Waals surface area contributed by atoms with E-state index in [9.17, 15) is 8.78 Å². The van der Waals surface area contributed by atoms with Crippen molar-refractivity contribution in [3.63, 3.8) is 0 Å². The molecule has 10 heteroatoms. The van der Waals surface area contributed by atoms with Gasteiger partial charge in [0.2, 0.25) is 0 Å². The minimum absolute atomic E-state index is 0.0176. The smallest absolute Gasteiger partial charge is 0.177 e. The fourth-order valence-electron chi connectivity index (χ4n) is 3.34. The van der Waals surface area contributed by atoms with Gasteiger partial charge in [0.25, 0.3) is 0 Å².